The van der Waals surface area contributed by atoms with Gasteiger partial charge in [0.25, 0.3) is 12.2 Å². The predicted octanol–water partition coefficient (Wildman–Crippen LogP) is -2.35. The van der Waals surface area contributed by atoms with Gasteiger partial charge >= 0.3 is 0 Å². The topological polar surface area (TPSA) is 132 Å². The lowest BCUT2D eigenvalue weighted by Crippen LogP contribution is -2.38. The first kappa shape index (κ1) is 13.9. The molecule has 3 N–H and O–H groups in total. The molecule has 0 aromatic carbocycles. The molecule has 3 rings (SSSR count). The van der Waals surface area contributed by atoms with Crippen LogP contribution in [0.25, 0.3) is 11.5 Å². The molecule has 114 valence electrons. The van der Waals surface area contributed by atoms with Crippen molar-refractivity contribution < 1.29 is 29.6 Å². The number of rotatable bonds is 4. The minimum absolute atomic E-state index is 0.218. The van der Waals surface area contributed by atoms with Crippen LogP contribution in [0.2, 0.25) is 0 Å². The minimum Gasteiger partial charge on any atom is -0.479 e. The molecule has 1 fully saturated rings. The fraction of sp³-hybridized carbons (Fsp3) is 0.545. The maximum atomic E-state index is 9.84. The fourth-order valence-corrected chi connectivity index (χ4v) is 2.10. The Bertz CT molecular complexity index is 592. The maximum absolute atomic E-state index is 9.84. The van der Waals surface area contributed by atoms with Crippen molar-refractivity contribution in [1.29, 1.82) is 0 Å². The largest absolute Gasteiger partial charge is 0.479 e. The standard InChI is InChI=1S/C11H14N4O6/c1-19-10-6-9(13-3-12-6)14-4-15(10)21-11-8(18)7(17)5(2-16)20-11/h3-5,7-8,11,16-18H,2H2,1H3/t5-,7-,8+,11?/m1/s1. The molecular weight excluding hydrogens is 284 g/mol. The Hall–Kier alpha value is -2.01. The van der Waals surface area contributed by atoms with Crippen molar-refractivity contribution in [2.24, 2.45) is 0 Å². The molecule has 21 heavy (non-hydrogen) atoms. The van der Waals surface area contributed by atoms with Gasteiger partial charge in [-0.3, -0.25) is 0 Å². The van der Waals surface area contributed by atoms with Crippen LogP contribution in [-0.2, 0) is 4.74 Å². The Morgan fingerprint density at radius 3 is 2.76 bits per heavy atom. The summed E-state index contributed by atoms with van der Waals surface area (Å²) in [5, 5.41) is 28.6. The van der Waals surface area contributed by atoms with Crippen LogP contribution in [0.1, 0.15) is 0 Å². The van der Waals surface area contributed by atoms with E-state index in [1.807, 2.05) is 0 Å². The molecule has 1 saturated heterocycles. The van der Waals surface area contributed by atoms with Crippen molar-refractivity contribution in [3.8, 4) is 17.4 Å². The minimum atomic E-state index is -1.32. The van der Waals surface area contributed by atoms with Crippen LogP contribution in [0, 0.1) is 0 Å². The average Bonchev–Trinajstić information content (AvgIpc) is 3.07. The smallest absolute Gasteiger partial charge is 0.259 e. The zero-order valence-corrected chi connectivity index (χ0v) is 11.0. The van der Waals surface area contributed by atoms with Crippen LogP contribution in [0.4, 0.5) is 0 Å². The second-order valence-corrected chi connectivity index (χ2v) is 4.44. The third-order valence-corrected chi connectivity index (χ3v) is 3.18. The number of aliphatic hydroxyl groups excluding tert-OH is 3. The lowest BCUT2D eigenvalue weighted by molar-refractivity contribution is -0.174. The second-order valence-electron chi connectivity index (χ2n) is 4.44. The van der Waals surface area contributed by atoms with E-state index in [9.17, 15) is 10.2 Å². The molecule has 0 spiro atoms. The van der Waals surface area contributed by atoms with E-state index >= 15 is 0 Å². The summed E-state index contributed by atoms with van der Waals surface area (Å²) in [5.74, 6) is 0.600. The molecule has 1 unspecified atom stereocenters. The Morgan fingerprint density at radius 2 is 2.10 bits per heavy atom. The number of methoxy groups -OCH3 is 1. The molecule has 10 heteroatoms. The van der Waals surface area contributed by atoms with Crippen LogP contribution in [0.3, 0.4) is 0 Å². The van der Waals surface area contributed by atoms with Gasteiger partial charge in [0.1, 0.15) is 31.0 Å². The third kappa shape index (κ3) is 2.27. The number of aromatic nitrogens is 4. The normalized spacial score (nSPS) is 29.0. The first-order valence-electron chi connectivity index (χ1n) is 6.17. The van der Waals surface area contributed by atoms with Crippen molar-refractivity contribution in [2.75, 3.05) is 13.7 Å². The van der Waals surface area contributed by atoms with E-state index in [-0.39, 0.29) is 5.88 Å². The van der Waals surface area contributed by atoms with Gasteiger partial charge in [0, 0.05) is 0 Å². The number of hydrogen-bond donors (Lipinski definition) is 3. The van der Waals surface area contributed by atoms with Gasteiger partial charge in [-0.1, -0.05) is 0 Å². The number of aliphatic hydroxyl groups is 3. The van der Waals surface area contributed by atoms with Crippen LogP contribution < -0.4 is 9.57 Å². The lowest BCUT2D eigenvalue weighted by Gasteiger charge is -2.20. The van der Waals surface area contributed by atoms with E-state index in [1.165, 1.54) is 19.8 Å². The van der Waals surface area contributed by atoms with E-state index in [0.717, 1.165) is 4.73 Å². The molecule has 3 aliphatic rings. The predicted molar refractivity (Wildman–Crippen MR) is 65.3 cm³/mol. The molecule has 0 amide bonds. The first-order valence-corrected chi connectivity index (χ1v) is 6.17. The van der Waals surface area contributed by atoms with Crippen LogP contribution in [0.5, 0.6) is 5.88 Å². The average molecular weight is 298 g/mol. The molecule has 3 heterocycles. The highest BCUT2D eigenvalue weighted by Gasteiger charge is 2.44. The molecule has 0 aromatic rings. The van der Waals surface area contributed by atoms with Crippen molar-refractivity contribution in [2.45, 2.75) is 24.6 Å². The van der Waals surface area contributed by atoms with Gasteiger partial charge in [-0.25, -0.2) is 15.0 Å². The van der Waals surface area contributed by atoms with Crippen molar-refractivity contribution in [3.05, 3.63) is 12.7 Å². The van der Waals surface area contributed by atoms with Gasteiger partial charge in [0.05, 0.1) is 13.7 Å². The number of fused-ring (bicyclic) bond motifs is 1. The Kier molecular flexibility index (Phi) is 3.59. The lowest BCUT2D eigenvalue weighted by atomic mass is 10.1. The number of nitrogens with zero attached hydrogens (tertiary/aromatic N) is 4. The Morgan fingerprint density at radius 1 is 1.29 bits per heavy atom. The summed E-state index contributed by atoms with van der Waals surface area (Å²) in [6.45, 7) is -0.439. The van der Waals surface area contributed by atoms with Gasteiger partial charge in [-0.15, -0.1) is 4.73 Å². The van der Waals surface area contributed by atoms with Gasteiger partial charge in [-0.05, 0) is 0 Å². The molecule has 0 aromatic heterocycles. The molecule has 0 bridgehead atoms. The van der Waals surface area contributed by atoms with Crippen LogP contribution in [0.15, 0.2) is 12.7 Å². The fourth-order valence-electron chi connectivity index (χ4n) is 2.10. The van der Waals surface area contributed by atoms with Gasteiger partial charge in [0.2, 0.25) is 0 Å². The van der Waals surface area contributed by atoms with Gasteiger partial charge in [-0.2, -0.15) is 0 Å². The molecule has 0 saturated carbocycles. The number of hydrogen-bond acceptors (Lipinski definition) is 9. The summed E-state index contributed by atoms with van der Waals surface area (Å²) in [7, 11) is 1.42. The van der Waals surface area contributed by atoms with Gasteiger partial charge in [0.15, 0.2) is 11.5 Å². The second kappa shape index (κ2) is 5.41. The number of imidazole rings is 1. The van der Waals surface area contributed by atoms with E-state index in [2.05, 4.69) is 15.0 Å². The van der Waals surface area contributed by atoms with Gasteiger partial charge < -0.3 is 29.6 Å². The van der Waals surface area contributed by atoms with E-state index < -0.39 is 31.2 Å². The van der Waals surface area contributed by atoms with Crippen LogP contribution >= 0.6 is 0 Å². The zero-order chi connectivity index (χ0) is 15.0. The molecule has 3 aliphatic heterocycles. The molecule has 10 nitrogen and oxygen atoms in total. The third-order valence-electron chi connectivity index (χ3n) is 3.18. The Labute approximate surface area is 118 Å². The highest BCUT2D eigenvalue weighted by molar-refractivity contribution is 5.56. The van der Waals surface area contributed by atoms with E-state index in [4.69, 9.17) is 19.4 Å². The summed E-state index contributed by atoms with van der Waals surface area (Å²) in [5.41, 5.74) is 0.381. The SMILES string of the molecule is COc1c2ncnc-2ncn1OC1O[C@H](CO)[C@@H](O)[C@@H]1O. The van der Waals surface area contributed by atoms with Crippen molar-refractivity contribution in [3.63, 3.8) is 0 Å². The highest BCUT2D eigenvalue weighted by atomic mass is 16.8. The summed E-state index contributed by atoms with van der Waals surface area (Å²) in [6.07, 6.45) is -2.06. The molecule has 4 atom stereocenters. The monoisotopic (exact) mass is 298 g/mol. The van der Waals surface area contributed by atoms with Crippen molar-refractivity contribution >= 4 is 0 Å². The molecule has 0 aliphatic carbocycles. The summed E-state index contributed by atoms with van der Waals surface area (Å²) in [6, 6.07) is 0. The number of ether oxygens (including phenoxy) is 2. The van der Waals surface area contributed by atoms with E-state index in [0.29, 0.717) is 11.5 Å². The highest BCUT2D eigenvalue weighted by Crippen LogP contribution is 2.27. The molecular formula is C11H14N4O6. The van der Waals surface area contributed by atoms with E-state index in [1.54, 1.807) is 0 Å². The quantitative estimate of drug-likeness (QED) is 0.567. The van der Waals surface area contributed by atoms with Crippen molar-refractivity contribution in [1.82, 2.24) is 19.7 Å². The Balaban J connectivity index is 1.87. The summed E-state index contributed by atoms with van der Waals surface area (Å²) in [4.78, 5) is 17.3. The zero-order valence-electron chi connectivity index (χ0n) is 11.0. The maximum Gasteiger partial charge on any atom is 0.259 e. The first-order chi connectivity index (χ1) is 10.2. The summed E-state index contributed by atoms with van der Waals surface area (Å²) < 4.78 is 11.5. The molecule has 0 radical (unpaired) electrons. The van der Waals surface area contributed by atoms with Crippen LogP contribution in [-0.4, -0.2) is 73.3 Å². The summed E-state index contributed by atoms with van der Waals surface area (Å²) >= 11 is 0.